The maximum absolute atomic E-state index is 13.4. The molecule has 2 saturated heterocycles. The molecule has 2 N–H and O–H groups in total. The molecule has 0 aromatic heterocycles. The van der Waals surface area contributed by atoms with Crippen molar-refractivity contribution >= 4 is 23.5 Å². The molecule has 34 heavy (non-hydrogen) atoms. The monoisotopic (exact) mass is 462 g/mol. The molecule has 0 bridgehead atoms. The van der Waals surface area contributed by atoms with Gasteiger partial charge in [0.05, 0.1) is 0 Å². The van der Waals surface area contributed by atoms with Gasteiger partial charge < -0.3 is 20.4 Å². The van der Waals surface area contributed by atoms with Gasteiger partial charge in [-0.15, -0.1) is 0 Å². The molecule has 7 heteroatoms. The van der Waals surface area contributed by atoms with Gasteiger partial charge in [-0.2, -0.15) is 0 Å². The van der Waals surface area contributed by atoms with Crippen molar-refractivity contribution in [1.82, 2.24) is 15.1 Å². The van der Waals surface area contributed by atoms with Crippen molar-refractivity contribution < 1.29 is 14.4 Å². The molecule has 4 amide bonds. The summed E-state index contributed by atoms with van der Waals surface area (Å²) in [6.45, 7) is 6.57. The highest BCUT2D eigenvalue weighted by atomic mass is 16.2. The van der Waals surface area contributed by atoms with E-state index >= 15 is 0 Å². The van der Waals surface area contributed by atoms with Crippen LogP contribution in [0.15, 0.2) is 48.5 Å². The first-order valence-electron chi connectivity index (χ1n) is 12.2. The van der Waals surface area contributed by atoms with Gasteiger partial charge in [-0.05, 0) is 69.7 Å². The number of amides is 4. The van der Waals surface area contributed by atoms with Crippen molar-refractivity contribution in [2.75, 3.05) is 31.5 Å². The molecule has 2 aliphatic heterocycles. The van der Waals surface area contributed by atoms with Crippen molar-refractivity contribution in [3.05, 3.63) is 65.2 Å². The second-order valence-electron chi connectivity index (χ2n) is 9.47. The topological polar surface area (TPSA) is 81.8 Å². The Kier molecular flexibility index (Phi) is 7.50. The zero-order valence-electron chi connectivity index (χ0n) is 20.0. The van der Waals surface area contributed by atoms with E-state index in [9.17, 15) is 14.4 Å². The zero-order chi connectivity index (χ0) is 24.1. The first-order valence-corrected chi connectivity index (χ1v) is 12.2. The Bertz CT molecular complexity index is 1010. The van der Waals surface area contributed by atoms with Crippen molar-refractivity contribution in [2.24, 2.45) is 5.92 Å². The fraction of sp³-hybridized carbons (Fsp3) is 0.444. The number of urea groups is 1. The Balaban J connectivity index is 1.40. The number of hydrogen-bond acceptors (Lipinski definition) is 3. The van der Waals surface area contributed by atoms with E-state index in [0.717, 1.165) is 42.7 Å². The van der Waals surface area contributed by atoms with E-state index in [4.69, 9.17) is 0 Å². The summed E-state index contributed by atoms with van der Waals surface area (Å²) in [5.74, 6) is -0.233. The first kappa shape index (κ1) is 23.8. The van der Waals surface area contributed by atoms with Crippen LogP contribution in [0, 0.1) is 19.8 Å². The number of piperidine rings is 1. The van der Waals surface area contributed by atoms with Crippen LogP contribution in [0.3, 0.4) is 0 Å². The fourth-order valence-electron chi connectivity index (χ4n) is 4.72. The third kappa shape index (κ3) is 5.76. The van der Waals surface area contributed by atoms with Gasteiger partial charge in [0.15, 0.2) is 0 Å². The molecule has 0 spiro atoms. The second-order valence-corrected chi connectivity index (χ2v) is 9.47. The van der Waals surface area contributed by atoms with Gasteiger partial charge in [-0.1, -0.05) is 35.4 Å². The summed E-state index contributed by atoms with van der Waals surface area (Å²) in [6, 6.07) is 14.4. The second kappa shape index (κ2) is 10.7. The fourth-order valence-corrected chi connectivity index (χ4v) is 4.72. The lowest BCUT2D eigenvalue weighted by Gasteiger charge is -2.37. The number of hydrogen-bond donors (Lipinski definition) is 2. The van der Waals surface area contributed by atoms with Crippen LogP contribution in [-0.2, 0) is 4.79 Å². The summed E-state index contributed by atoms with van der Waals surface area (Å²) in [6.07, 6.45) is 3.34. The van der Waals surface area contributed by atoms with Gasteiger partial charge >= 0.3 is 6.03 Å². The lowest BCUT2D eigenvalue weighted by atomic mass is 9.88. The predicted octanol–water partition coefficient (Wildman–Crippen LogP) is 3.97. The molecule has 2 aromatic carbocycles. The SMILES string of the molecule is Cc1ccc(NC(=O)N2CCC(C(NC(=O)c3ccc(C)cc3)C(=O)N3CCCC3)CC2)cc1. The molecule has 7 nitrogen and oxygen atoms in total. The standard InChI is InChI=1S/C27H34N4O3/c1-19-5-9-22(10-6-19)25(32)29-24(26(33)30-15-3-4-16-30)21-13-17-31(18-14-21)27(34)28-23-11-7-20(2)8-12-23/h5-12,21,24H,3-4,13-18H2,1-2H3,(H,28,34)(H,29,32). The summed E-state index contributed by atoms with van der Waals surface area (Å²) in [5, 5.41) is 5.99. The first-order chi connectivity index (χ1) is 16.4. The number of aryl methyl sites for hydroxylation is 2. The summed E-state index contributed by atoms with van der Waals surface area (Å²) < 4.78 is 0. The minimum Gasteiger partial charge on any atom is -0.341 e. The van der Waals surface area contributed by atoms with Gasteiger partial charge in [-0.25, -0.2) is 4.79 Å². The molecule has 0 saturated carbocycles. The van der Waals surface area contributed by atoms with Crippen LogP contribution in [0.2, 0.25) is 0 Å². The Morgan fingerprint density at radius 1 is 0.794 bits per heavy atom. The molecule has 1 unspecified atom stereocenters. The number of rotatable bonds is 5. The molecular formula is C27H34N4O3. The van der Waals surface area contributed by atoms with E-state index in [1.165, 1.54) is 0 Å². The normalized spacial score (nSPS) is 17.4. The minimum absolute atomic E-state index is 0.000480. The van der Waals surface area contributed by atoms with Crippen molar-refractivity contribution in [3.63, 3.8) is 0 Å². The van der Waals surface area contributed by atoms with Crippen LogP contribution in [0.1, 0.15) is 47.2 Å². The summed E-state index contributed by atoms with van der Waals surface area (Å²) in [7, 11) is 0. The van der Waals surface area contributed by atoms with E-state index < -0.39 is 6.04 Å². The summed E-state index contributed by atoms with van der Waals surface area (Å²) in [5.41, 5.74) is 3.54. The Labute approximate surface area is 201 Å². The van der Waals surface area contributed by atoms with Crippen LogP contribution in [0.25, 0.3) is 0 Å². The number of nitrogens with one attached hydrogen (secondary N) is 2. The van der Waals surface area contributed by atoms with Crippen LogP contribution in [-0.4, -0.2) is 59.9 Å². The molecule has 0 radical (unpaired) electrons. The van der Waals surface area contributed by atoms with Crippen LogP contribution < -0.4 is 10.6 Å². The summed E-state index contributed by atoms with van der Waals surface area (Å²) in [4.78, 5) is 42.7. The summed E-state index contributed by atoms with van der Waals surface area (Å²) >= 11 is 0. The molecule has 0 aliphatic carbocycles. The molecule has 2 fully saturated rings. The van der Waals surface area contributed by atoms with Crippen LogP contribution in [0.5, 0.6) is 0 Å². The highest BCUT2D eigenvalue weighted by Gasteiger charge is 2.36. The van der Waals surface area contributed by atoms with Gasteiger partial charge in [-0.3, -0.25) is 9.59 Å². The smallest absolute Gasteiger partial charge is 0.321 e. The lowest BCUT2D eigenvalue weighted by Crippen LogP contribution is -2.54. The highest BCUT2D eigenvalue weighted by Crippen LogP contribution is 2.25. The molecule has 4 rings (SSSR count). The average Bonchev–Trinajstić information content (AvgIpc) is 3.39. The maximum Gasteiger partial charge on any atom is 0.321 e. The van der Waals surface area contributed by atoms with E-state index in [0.29, 0.717) is 31.5 Å². The van der Waals surface area contributed by atoms with Crippen LogP contribution in [0.4, 0.5) is 10.5 Å². The largest absolute Gasteiger partial charge is 0.341 e. The van der Waals surface area contributed by atoms with Crippen molar-refractivity contribution in [1.29, 1.82) is 0 Å². The maximum atomic E-state index is 13.4. The minimum atomic E-state index is -0.575. The number of likely N-dealkylation sites (tertiary alicyclic amines) is 2. The van der Waals surface area contributed by atoms with Crippen molar-refractivity contribution in [3.8, 4) is 0 Å². The molecule has 1 atom stereocenters. The van der Waals surface area contributed by atoms with Crippen molar-refractivity contribution in [2.45, 2.75) is 45.6 Å². The third-order valence-electron chi connectivity index (χ3n) is 6.89. The Hall–Kier alpha value is -3.35. The molecule has 2 aromatic rings. The number of carbonyl (C=O) groups excluding carboxylic acids is 3. The number of carbonyl (C=O) groups is 3. The Morgan fingerprint density at radius 2 is 1.35 bits per heavy atom. The molecule has 2 heterocycles. The van der Waals surface area contributed by atoms with E-state index in [1.807, 2.05) is 55.1 Å². The number of benzene rings is 2. The van der Waals surface area contributed by atoms with Crippen LogP contribution >= 0.6 is 0 Å². The predicted molar refractivity (Wildman–Crippen MR) is 133 cm³/mol. The molecule has 2 aliphatic rings. The number of anilines is 1. The number of nitrogens with zero attached hydrogens (tertiary/aromatic N) is 2. The van der Waals surface area contributed by atoms with E-state index in [-0.39, 0.29) is 23.8 Å². The highest BCUT2D eigenvalue weighted by molar-refractivity contribution is 5.97. The zero-order valence-corrected chi connectivity index (χ0v) is 20.0. The average molecular weight is 463 g/mol. The van der Waals surface area contributed by atoms with E-state index in [1.54, 1.807) is 17.0 Å². The Morgan fingerprint density at radius 3 is 1.94 bits per heavy atom. The van der Waals surface area contributed by atoms with Gasteiger partial charge in [0, 0.05) is 37.4 Å². The third-order valence-corrected chi connectivity index (χ3v) is 6.89. The van der Waals surface area contributed by atoms with E-state index in [2.05, 4.69) is 10.6 Å². The van der Waals surface area contributed by atoms with Gasteiger partial charge in [0.25, 0.3) is 5.91 Å². The lowest BCUT2D eigenvalue weighted by molar-refractivity contribution is -0.134. The molecule has 180 valence electrons. The van der Waals surface area contributed by atoms with Gasteiger partial charge in [0.2, 0.25) is 5.91 Å². The molecular weight excluding hydrogens is 428 g/mol. The quantitative estimate of drug-likeness (QED) is 0.706. The van der Waals surface area contributed by atoms with Gasteiger partial charge in [0.1, 0.15) is 6.04 Å².